The van der Waals surface area contributed by atoms with Gasteiger partial charge in [-0.15, -0.1) is 24.0 Å². The van der Waals surface area contributed by atoms with E-state index in [2.05, 4.69) is 4.98 Å². The molecule has 0 saturated carbocycles. The molecule has 0 atom stereocenters. The van der Waals surface area contributed by atoms with Crippen LogP contribution in [0.15, 0.2) is 36.7 Å². The summed E-state index contributed by atoms with van der Waals surface area (Å²) >= 11 is 0. The largest absolute Gasteiger partial charge is 0.416 e. The number of nitrogens with zero attached hydrogens (tertiary/aromatic N) is 2. The first kappa shape index (κ1) is 16.7. The average molecular weight is 396 g/mol. The van der Waals surface area contributed by atoms with Crippen LogP contribution in [0, 0.1) is 0 Å². The minimum atomic E-state index is -4.44. The number of benzene rings is 1. The molecule has 0 bridgehead atoms. The van der Waals surface area contributed by atoms with E-state index in [1.807, 2.05) is 0 Å². The van der Waals surface area contributed by atoms with Gasteiger partial charge in [0.1, 0.15) is 5.82 Å². The molecule has 0 N–H and O–H groups in total. The molecule has 1 aromatic heterocycles. The van der Waals surface area contributed by atoms with Crippen LogP contribution in [-0.4, -0.2) is 15.3 Å². The van der Waals surface area contributed by atoms with Crippen molar-refractivity contribution >= 4 is 29.8 Å². The number of hydrogen-bond donors (Lipinski definition) is 0. The molecule has 0 amide bonds. The molecule has 0 fully saturated rings. The number of aryl methyl sites for hydroxylation is 1. The molecule has 1 heterocycles. The molecule has 7 heteroatoms. The van der Waals surface area contributed by atoms with Crippen LogP contribution in [0.3, 0.4) is 0 Å². The van der Waals surface area contributed by atoms with Crippen LogP contribution in [0.1, 0.15) is 21.7 Å². The Morgan fingerprint density at radius 3 is 2.60 bits per heavy atom. The molecule has 0 saturated heterocycles. The zero-order valence-corrected chi connectivity index (χ0v) is 12.8. The highest BCUT2D eigenvalue weighted by molar-refractivity contribution is 14.0. The van der Waals surface area contributed by atoms with Gasteiger partial charge >= 0.3 is 6.18 Å². The SMILES string of the molecule is Cn1ccnc1CC(=O)c1cccc(C(F)(F)F)c1.I. The molecule has 2 aromatic rings. The molecule has 20 heavy (non-hydrogen) atoms. The van der Waals surface area contributed by atoms with E-state index < -0.39 is 11.7 Å². The number of aromatic nitrogens is 2. The Morgan fingerprint density at radius 2 is 2.05 bits per heavy atom. The van der Waals surface area contributed by atoms with Gasteiger partial charge in [-0.05, 0) is 12.1 Å². The minimum absolute atomic E-state index is 0. The second-order valence-electron chi connectivity index (χ2n) is 4.13. The lowest BCUT2D eigenvalue weighted by atomic mass is 10.0. The second-order valence-corrected chi connectivity index (χ2v) is 4.13. The van der Waals surface area contributed by atoms with Crippen molar-refractivity contribution in [1.29, 1.82) is 0 Å². The maximum Gasteiger partial charge on any atom is 0.416 e. The summed E-state index contributed by atoms with van der Waals surface area (Å²) in [5, 5.41) is 0. The number of halogens is 4. The number of imidazole rings is 1. The lowest BCUT2D eigenvalue weighted by Gasteiger charge is -2.08. The van der Waals surface area contributed by atoms with Gasteiger partial charge in [-0.3, -0.25) is 4.79 Å². The van der Waals surface area contributed by atoms with Crippen molar-refractivity contribution in [3.8, 4) is 0 Å². The highest BCUT2D eigenvalue weighted by Crippen LogP contribution is 2.29. The van der Waals surface area contributed by atoms with E-state index >= 15 is 0 Å². The van der Waals surface area contributed by atoms with Crippen LogP contribution in [0.5, 0.6) is 0 Å². The lowest BCUT2D eigenvalue weighted by Crippen LogP contribution is -2.11. The van der Waals surface area contributed by atoms with Crippen LogP contribution in [-0.2, 0) is 19.6 Å². The Labute approximate surface area is 130 Å². The van der Waals surface area contributed by atoms with E-state index in [0.29, 0.717) is 5.82 Å². The number of hydrogen-bond acceptors (Lipinski definition) is 2. The maximum absolute atomic E-state index is 12.5. The third kappa shape index (κ3) is 3.81. The molecule has 0 spiro atoms. The monoisotopic (exact) mass is 396 g/mol. The molecule has 0 aliphatic rings. The van der Waals surface area contributed by atoms with Gasteiger partial charge in [-0.1, -0.05) is 12.1 Å². The predicted molar refractivity (Wildman–Crippen MR) is 78.1 cm³/mol. The fourth-order valence-electron chi connectivity index (χ4n) is 1.68. The number of rotatable bonds is 3. The molecule has 0 aliphatic carbocycles. The van der Waals surface area contributed by atoms with Gasteiger partial charge in [0.2, 0.25) is 0 Å². The molecule has 2 rings (SSSR count). The van der Waals surface area contributed by atoms with Crippen molar-refractivity contribution in [2.75, 3.05) is 0 Å². The molecule has 1 aromatic carbocycles. The van der Waals surface area contributed by atoms with E-state index in [1.165, 1.54) is 18.3 Å². The first-order valence-electron chi connectivity index (χ1n) is 5.54. The zero-order chi connectivity index (χ0) is 14.0. The quantitative estimate of drug-likeness (QED) is 0.588. The van der Waals surface area contributed by atoms with Crippen molar-refractivity contribution in [2.45, 2.75) is 12.6 Å². The third-order valence-corrected chi connectivity index (χ3v) is 2.75. The normalized spacial score (nSPS) is 11.0. The number of carbonyl (C=O) groups is 1. The number of ketones is 1. The van der Waals surface area contributed by atoms with Crippen LogP contribution >= 0.6 is 24.0 Å². The van der Waals surface area contributed by atoms with Crippen molar-refractivity contribution < 1.29 is 18.0 Å². The summed E-state index contributed by atoms with van der Waals surface area (Å²) in [4.78, 5) is 15.9. The first-order chi connectivity index (χ1) is 8.88. The summed E-state index contributed by atoms with van der Waals surface area (Å²) in [5.74, 6) is 0.128. The fraction of sp³-hybridized carbons (Fsp3) is 0.231. The van der Waals surface area contributed by atoms with E-state index in [1.54, 1.807) is 17.8 Å². The van der Waals surface area contributed by atoms with Crippen molar-refractivity contribution in [2.24, 2.45) is 7.05 Å². The first-order valence-corrected chi connectivity index (χ1v) is 5.54. The van der Waals surface area contributed by atoms with E-state index in [0.717, 1.165) is 12.1 Å². The second kappa shape index (κ2) is 6.38. The molecular formula is C13H12F3IN2O. The van der Waals surface area contributed by atoms with Gasteiger partial charge < -0.3 is 4.57 Å². The fourth-order valence-corrected chi connectivity index (χ4v) is 1.68. The standard InChI is InChI=1S/C13H11F3N2O.HI/c1-18-6-5-17-12(18)8-11(19)9-3-2-4-10(7-9)13(14,15)16;/h2-7H,8H2,1H3;1H. The highest BCUT2D eigenvalue weighted by Gasteiger charge is 2.30. The van der Waals surface area contributed by atoms with E-state index in [4.69, 9.17) is 0 Å². The number of Topliss-reactive ketones (excluding diaryl/α,β-unsaturated/α-hetero) is 1. The lowest BCUT2D eigenvalue weighted by molar-refractivity contribution is -0.137. The van der Waals surface area contributed by atoms with Gasteiger partial charge in [0, 0.05) is 25.0 Å². The Kier molecular flexibility index (Phi) is 5.32. The molecule has 0 aliphatic heterocycles. The summed E-state index contributed by atoms with van der Waals surface area (Å²) in [6.07, 6.45) is -1.26. The minimum Gasteiger partial charge on any atom is -0.338 e. The topological polar surface area (TPSA) is 34.9 Å². The van der Waals surface area contributed by atoms with E-state index in [9.17, 15) is 18.0 Å². The van der Waals surface area contributed by atoms with Crippen LogP contribution in [0.2, 0.25) is 0 Å². The molecule has 0 unspecified atom stereocenters. The molecule has 108 valence electrons. The Bertz CT molecular complexity index is 608. The third-order valence-electron chi connectivity index (χ3n) is 2.75. The summed E-state index contributed by atoms with van der Waals surface area (Å²) in [7, 11) is 1.72. The Morgan fingerprint density at radius 1 is 1.35 bits per heavy atom. The Balaban J connectivity index is 0.00000200. The summed E-state index contributed by atoms with van der Waals surface area (Å²) in [5.41, 5.74) is -0.781. The molecular weight excluding hydrogens is 384 g/mol. The number of alkyl halides is 3. The van der Waals surface area contributed by atoms with Gasteiger partial charge in [0.15, 0.2) is 5.78 Å². The summed E-state index contributed by atoms with van der Waals surface area (Å²) in [6, 6.07) is 4.41. The van der Waals surface area contributed by atoms with Crippen LogP contribution in [0.4, 0.5) is 13.2 Å². The number of carbonyl (C=O) groups excluding carboxylic acids is 1. The van der Waals surface area contributed by atoms with Crippen LogP contribution in [0.25, 0.3) is 0 Å². The zero-order valence-electron chi connectivity index (χ0n) is 10.5. The average Bonchev–Trinajstić information content (AvgIpc) is 2.74. The van der Waals surface area contributed by atoms with Gasteiger partial charge in [-0.25, -0.2) is 4.98 Å². The Hall–Kier alpha value is -1.38. The van der Waals surface area contributed by atoms with Gasteiger partial charge in [0.05, 0.1) is 12.0 Å². The van der Waals surface area contributed by atoms with Crippen LogP contribution < -0.4 is 0 Å². The maximum atomic E-state index is 12.5. The van der Waals surface area contributed by atoms with E-state index in [-0.39, 0.29) is 41.7 Å². The smallest absolute Gasteiger partial charge is 0.338 e. The van der Waals surface area contributed by atoms with Crippen molar-refractivity contribution in [3.63, 3.8) is 0 Å². The predicted octanol–water partition coefficient (Wildman–Crippen LogP) is 3.48. The molecule has 0 radical (unpaired) electrons. The summed E-state index contributed by atoms with van der Waals surface area (Å²) in [6.45, 7) is 0. The van der Waals surface area contributed by atoms with Gasteiger partial charge in [0.25, 0.3) is 0 Å². The highest BCUT2D eigenvalue weighted by atomic mass is 127. The molecule has 3 nitrogen and oxygen atoms in total. The van der Waals surface area contributed by atoms with Crippen molar-refractivity contribution in [3.05, 3.63) is 53.6 Å². The summed E-state index contributed by atoms with van der Waals surface area (Å²) < 4.78 is 39.3. The van der Waals surface area contributed by atoms with Crippen molar-refractivity contribution in [1.82, 2.24) is 9.55 Å². The van der Waals surface area contributed by atoms with Gasteiger partial charge in [-0.2, -0.15) is 13.2 Å².